The molecule has 0 saturated carbocycles. The summed E-state index contributed by atoms with van der Waals surface area (Å²) < 4.78 is 6.31. The number of rotatable bonds is 2. The van der Waals surface area contributed by atoms with E-state index in [1.54, 1.807) is 16.8 Å². The predicted octanol–water partition coefficient (Wildman–Crippen LogP) is 2.21. The van der Waals surface area contributed by atoms with Crippen molar-refractivity contribution in [2.24, 2.45) is 0 Å². The van der Waals surface area contributed by atoms with E-state index in [0.717, 1.165) is 16.7 Å². The second-order valence-corrected chi connectivity index (χ2v) is 5.02. The lowest BCUT2D eigenvalue weighted by Crippen LogP contribution is -2.17. The summed E-state index contributed by atoms with van der Waals surface area (Å²) >= 11 is 0. The highest BCUT2D eigenvalue weighted by molar-refractivity contribution is 5.97. The summed E-state index contributed by atoms with van der Waals surface area (Å²) in [6.07, 6.45) is 0. The number of hydrogen-bond donors (Lipinski definition) is 0. The van der Waals surface area contributed by atoms with Gasteiger partial charge in [-0.05, 0) is 26.8 Å². The van der Waals surface area contributed by atoms with Gasteiger partial charge >= 0.3 is 0 Å². The van der Waals surface area contributed by atoms with Crippen molar-refractivity contribution in [3.63, 3.8) is 0 Å². The number of nitrogens with zero attached hydrogens (tertiary/aromatic N) is 3. The molecule has 3 rings (SSSR count). The maximum atomic E-state index is 10.4. The lowest BCUT2D eigenvalue weighted by Gasteiger charge is -2.14. The molecule has 100 valence electrons. The van der Waals surface area contributed by atoms with Crippen molar-refractivity contribution in [2.45, 2.75) is 26.4 Å². The Balaban J connectivity index is 0.000000167. The lowest BCUT2D eigenvalue weighted by atomic mass is 10.2. The van der Waals surface area contributed by atoms with Crippen LogP contribution in [0.1, 0.15) is 20.8 Å². The third-order valence-electron chi connectivity index (χ3n) is 2.42. The van der Waals surface area contributed by atoms with E-state index >= 15 is 0 Å². The quantitative estimate of drug-likeness (QED) is 0.402. The first-order valence-electron chi connectivity index (χ1n) is 5.62. The predicted molar refractivity (Wildman–Crippen MR) is 68.2 cm³/mol. The van der Waals surface area contributed by atoms with E-state index in [-0.39, 0.29) is 11.3 Å². The zero-order valence-electron chi connectivity index (χ0n) is 10.8. The summed E-state index contributed by atoms with van der Waals surface area (Å²) in [7, 11) is 0. The van der Waals surface area contributed by atoms with Gasteiger partial charge in [0.05, 0.1) is 15.8 Å². The van der Waals surface area contributed by atoms with Crippen molar-refractivity contribution in [1.29, 1.82) is 0 Å². The van der Waals surface area contributed by atoms with E-state index in [9.17, 15) is 14.9 Å². The third-order valence-corrected chi connectivity index (χ3v) is 2.42. The molecule has 1 aromatic carbocycles. The monoisotopic (exact) mass is 263 g/mol. The number of carbonyl (C=O) groups excluding carboxylic acids is 1. The molecule has 2 aliphatic heterocycles. The normalized spacial score (nSPS) is 11.5. The lowest BCUT2D eigenvalue weighted by molar-refractivity contribution is -0.384. The molecule has 1 aromatic rings. The molecule has 19 heavy (non-hydrogen) atoms. The molecule has 0 spiro atoms. The van der Waals surface area contributed by atoms with Gasteiger partial charge in [-0.25, -0.2) is 4.68 Å². The van der Waals surface area contributed by atoms with Crippen molar-refractivity contribution in [3.05, 3.63) is 28.3 Å². The van der Waals surface area contributed by atoms with Gasteiger partial charge in [-0.3, -0.25) is 14.9 Å². The zero-order valence-corrected chi connectivity index (χ0v) is 10.8. The Bertz CT molecular complexity index is 655. The summed E-state index contributed by atoms with van der Waals surface area (Å²) in [6.45, 7) is 5.92. The highest BCUT2D eigenvalue weighted by Gasteiger charge is 2.27. The fourth-order valence-electron chi connectivity index (χ4n) is 1.50. The van der Waals surface area contributed by atoms with Gasteiger partial charge in [0.15, 0.2) is 5.82 Å². The van der Waals surface area contributed by atoms with E-state index < -0.39 is 4.92 Å². The molecule has 7 heteroatoms. The Morgan fingerprint density at radius 1 is 1.42 bits per heavy atom. The van der Waals surface area contributed by atoms with E-state index in [0.29, 0.717) is 6.47 Å². The van der Waals surface area contributed by atoms with Crippen molar-refractivity contribution in [3.8, 4) is 5.82 Å². The van der Waals surface area contributed by atoms with Crippen LogP contribution in [0.25, 0.3) is 16.7 Å². The highest BCUT2D eigenvalue weighted by Crippen LogP contribution is 2.36. The number of aromatic nitrogens is 2. The Kier molecular flexibility index (Phi) is 2.97. The van der Waals surface area contributed by atoms with Gasteiger partial charge in [-0.15, -0.1) is 5.10 Å². The first-order chi connectivity index (χ1) is 8.83. The van der Waals surface area contributed by atoms with Crippen LogP contribution in [-0.4, -0.2) is 26.8 Å². The fraction of sp³-hybridized carbons (Fsp3) is 0.333. The van der Waals surface area contributed by atoms with Crippen LogP contribution in [-0.2, 0) is 9.53 Å². The maximum absolute atomic E-state index is 10.4. The number of hydrogen-bond acceptors (Lipinski definition) is 5. The van der Waals surface area contributed by atoms with Gasteiger partial charge in [0.2, 0.25) is 0 Å². The summed E-state index contributed by atoms with van der Waals surface area (Å²) in [6, 6.07) is 4.76. The number of nitro benzene ring substituents is 1. The second kappa shape index (κ2) is 4.34. The van der Waals surface area contributed by atoms with Gasteiger partial charge in [0, 0.05) is 12.1 Å². The largest absolute Gasteiger partial charge is 0.462 e. The van der Waals surface area contributed by atoms with Crippen LogP contribution in [0, 0.1) is 10.1 Å². The maximum Gasteiger partial charge on any atom is 0.293 e. The average Bonchev–Trinajstić information content (AvgIpc) is 2.99. The Morgan fingerprint density at radius 3 is 2.58 bits per heavy atom. The van der Waals surface area contributed by atoms with Crippen LogP contribution >= 0.6 is 0 Å². The molecule has 0 N–H and O–H groups in total. The first kappa shape index (κ1) is 13.0. The van der Waals surface area contributed by atoms with E-state index in [1.165, 1.54) is 6.07 Å². The number of ether oxygens (including phenoxy) is 1. The van der Waals surface area contributed by atoms with Gasteiger partial charge < -0.3 is 4.74 Å². The highest BCUT2D eigenvalue weighted by atomic mass is 16.6. The van der Waals surface area contributed by atoms with Crippen molar-refractivity contribution >= 4 is 23.1 Å². The standard InChI is InChI=1S/C7H3N3O2.C5H10O2/c11-10(12)4-1-2-6-5(3-4)7-8-9(6)7;1-5(2,3)7-4-6/h1-3H;4H,1-3H3. The molecule has 0 aliphatic carbocycles. The van der Waals surface area contributed by atoms with Gasteiger partial charge in [0.25, 0.3) is 12.2 Å². The van der Waals surface area contributed by atoms with E-state index in [1.807, 2.05) is 20.8 Å². The molecule has 7 nitrogen and oxygen atoms in total. The first-order valence-corrected chi connectivity index (χ1v) is 5.62. The topological polar surface area (TPSA) is 87.3 Å². The van der Waals surface area contributed by atoms with Crippen LogP contribution in [0.15, 0.2) is 18.2 Å². The molecule has 0 aromatic heterocycles. The van der Waals surface area contributed by atoms with E-state index in [2.05, 4.69) is 9.84 Å². The number of nitro groups is 1. The molecule has 0 atom stereocenters. The molecule has 2 aliphatic rings. The van der Waals surface area contributed by atoms with Crippen molar-refractivity contribution in [2.75, 3.05) is 0 Å². The minimum atomic E-state index is -0.397. The Hall–Kier alpha value is -2.44. The summed E-state index contributed by atoms with van der Waals surface area (Å²) in [5.74, 6) is 0.869. The van der Waals surface area contributed by atoms with Crippen LogP contribution in [0.2, 0.25) is 0 Å². The third kappa shape index (κ3) is 2.70. The fourth-order valence-corrected chi connectivity index (χ4v) is 1.50. The number of non-ortho nitro benzene ring substituents is 1. The Morgan fingerprint density at radius 2 is 2.11 bits per heavy atom. The molecular formula is C12H13N3O4. The molecular weight excluding hydrogens is 250 g/mol. The second-order valence-electron chi connectivity index (χ2n) is 5.02. The number of benzene rings is 1. The minimum absolute atomic E-state index is 0.128. The van der Waals surface area contributed by atoms with Crippen LogP contribution < -0.4 is 0 Å². The van der Waals surface area contributed by atoms with Crippen LogP contribution in [0.5, 0.6) is 0 Å². The van der Waals surface area contributed by atoms with Gasteiger partial charge in [-0.2, -0.15) is 0 Å². The summed E-state index contributed by atoms with van der Waals surface area (Å²) in [4.78, 5) is 19.6. The molecule has 0 bridgehead atoms. The molecule has 0 amide bonds. The minimum Gasteiger partial charge on any atom is -0.462 e. The van der Waals surface area contributed by atoms with Crippen molar-refractivity contribution in [1.82, 2.24) is 9.78 Å². The molecule has 0 saturated heterocycles. The SMILES string of the molecule is CC(C)(C)OC=O.O=[N+]([O-])c1ccc2c(c1)c1nn2-1. The summed E-state index contributed by atoms with van der Waals surface area (Å²) in [5.41, 5.74) is 0.778. The zero-order chi connectivity index (χ0) is 14.2. The van der Waals surface area contributed by atoms with Crippen LogP contribution in [0.3, 0.4) is 0 Å². The molecule has 0 unspecified atom stereocenters. The summed E-state index contributed by atoms with van der Waals surface area (Å²) in [5, 5.41) is 15.2. The van der Waals surface area contributed by atoms with Crippen molar-refractivity contribution < 1.29 is 14.5 Å². The Labute approximate surface area is 108 Å². The number of fused-ring (bicyclic) bond motifs is 4. The molecule has 2 heterocycles. The van der Waals surface area contributed by atoms with E-state index in [4.69, 9.17) is 0 Å². The van der Waals surface area contributed by atoms with Gasteiger partial charge in [-0.1, -0.05) is 0 Å². The van der Waals surface area contributed by atoms with Crippen LogP contribution in [0.4, 0.5) is 5.69 Å². The molecule has 0 radical (unpaired) electrons. The molecule has 0 fully saturated rings. The number of carbonyl (C=O) groups is 1. The van der Waals surface area contributed by atoms with Gasteiger partial charge in [0.1, 0.15) is 5.60 Å². The smallest absolute Gasteiger partial charge is 0.293 e. The average molecular weight is 263 g/mol.